The molecule has 11 heteroatoms. The number of rotatable bonds is 11. The van der Waals surface area contributed by atoms with Crippen LogP contribution < -0.4 is 25.0 Å². The minimum atomic E-state index is -0.405. The molecule has 1 spiro atoms. The number of methoxy groups -OCH3 is 2. The van der Waals surface area contributed by atoms with Crippen LogP contribution in [0.2, 0.25) is 10.2 Å². The zero-order valence-electron chi connectivity index (χ0n) is 26.9. The fraction of sp³-hybridized carbons (Fsp3) is 0.389. The van der Waals surface area contributed by atoms with Gasteiger partial charge in [0, 0.05) is 43.5 Å². The van der Waals surface area contributed by atoms with E-state index in [0.29, 0.717) is 24.2 Å². The van der Waals surface area contributed by atoms with Crippen LogP contribution in [0.3, 0.4) is 0 Å². The summed E-state index contributed by atoms with van der Waals surface area (Å²) in [6, 6.07) is 18.3. The molecule has 47 heavy (non-hydrogen) atoms. The molecule has 0 radical (unpaired) electrons. The van der Waals surface area contributed by atoms with E-state index in [0.717, 1.165) is 43.0 Å². The first-order chi connectivity index (χ1) is 22.8. The number of halogens is 2. The lowest BCUT2D eigenvalue weighted by Gasteiger charge is -2.44. The van der Waals surface area contributed by atoms with E-state index in [1.54, 1.807) is 26.5 Å². The fourth-order valence-electron chi connectivity index (χ4n) is 6.90. The second-order valence-electron chi connectivity index (χ2n) is 12.4. The van der Waals surface area contributed by atoms with Gasteiger partial charge in [-0.2, -0.15) is 0 Å². The van der Waals surface area contributed by atoms with Gasteiger partial charge in [0.15, 0.2) is 5.15 Å². The van der Waals surface area contributed by atoms with Crippen LogP contribution in [-0.4, -0.2) is 54.1 Å². The molecular weight excluding hydrogens is 635 g/mol. The van der Waals surface area contributed by atoms with Crippen molar-refractivity contribution in [2.45, 2.75) is 57.7 Å². The fourth-order valence-corrected chi connectivity index (χ4v) is 7.31. The van der Waals surface area contributed by atoms with Gasteiger partial charge in [-0.3, -0.25) is 4.79 Å². The Balaban J connectivity index is 1.08. The molecule has 2 atom stereocenters. The van der Waals surface area contributed by atoms with Crippen LogP contribution in [0.25, 0.3) is 0 Å². The molecule has 9 nitrogen and oxygen atoms in total. The molecule has 4 aromatic rings. The maximum atomic E-state index is 13.5. The van der Waals surface area contributed by atoms with Crippen molar-refractivity contribution in [3.05, 3.63) is 99.6 Å². The Labute approximate surface area is 286 Å². The minimum Gasteiger partial charge on any atom is -0.497 e. The number of ketones is 1. The molecule has 1 aliphatic carbocycles. The molecule has 1 unspecified atom stereocenters. The van der Waals surface area contributed by atoms with Gasteiger partial charge in [0.25, 0.3) is 0 Å². The van der Waals surface area contributed by atoms with Crippen LogP contribution >= 0.6 is 23.2 Å². The normalized spacial score (nSPS) is 17.8. The lowest BCUT2D eigenvalue weighted by Crippen LogP contribution is -2.49. The maximum absolute atomic E-state index is 13.5. The third kappa shape index (κ3) is 7.32. The van der Waals surface area contributed by atoms with Crippen LogP contribution in [0.1, 0.15) is 72.2 Å². The van der Waals surface area contributed by atoms with Crippen molar-refractivity contribution >= 4 is 40.6 Å². The molecule has 3 heterocycles. The number of ether oxygens (including phenoxy) is 2. The number of hydrogen-bond donors (Lipinski definition) is 2. The first kappa shape index (κ1) is 33.0. The Bertz CT molecular complexity index is 1690. The van der Waals surface area contributed by atoms with Crippen molar-refractivity contribution in [2.75, 3.05) is 37.5 Å². The van der Waals surface area contributed by atoms with E-state index in [1.807, 2.05) is 36.4 Å². The number of piperidine rings is 1. The lowest BCUT2D eigenvalue weighted by molar-refractivity contribution is 0.103. The second kappa shape index (κ2) is 14.5. The number of aromatic nitrogens is 3. The maximum Gasteiger partial charge on any atom is 0.216 e. The van der Waals surface area contributed by atoms with Crippen LogP contribution in [-0.2, 0) is 6.54 Å². The van der Waals surface area contributed by atoms with E-state index in [4.69, 9.17) is 32.7 Å². The average molecular weight is 676 g/mol. The molecule has 0 bridgehead atoms. The predicted molar refractivity (Wildman–Crippen MR) is 186 cm³/mol. The van der Waals surface area contributed by atoms with Gasteiger partial charge in [0.1, 0.15) is 28.8 Å². The Morgan fingerprint density at radius 3 is 2.32 bits per heavy atom. The number of carbonyl (C=O) groups is 1. The van der Waals surface area contributed by atoms with Gasteiger partial charge in [0.05, 0.1) is 25.4 Å². The highest BCUT2D eigenvalue weighted by Crippen LogP contribution is 2.47. The predicted octanol–water partition coefficient (Wildman–Crippen LogP) is 7.53. The van der Waals surface area contributed by atoms with Crippen molar-refractivity contribution in [1.82, 2.24) is 20.3 Å². The van der Waals surface area contributed by atoms with Crippen molar-refractivity contribution in [3.63, 3.8) is 0 Å². The molecule has 2 aromatic carbocycles. The molecule has 2 aromatic heterocycles. The number of anilines is 2. The zero-order chi connectivity index (χ0) is 33.0. The monoisotopic (exact) mass is 674 g/mol. The Morgan fingerprint density at radius 1 is 0.979 bits per heavy atom. The number of nitrogens with zero attached hydrogens (tertiary/aromatic N) is 4. The number of nitrogens with one attached hydrogen (secondary N) is 2. The highest BCUT2D eigenvalue weighted by Gasteiger charge is 2.45. The summed E-state index contributed by atoms with van der Waals surface area (Å²) in [6.07, 6.45) is 8.83. The summed E-state index contributed by atoms with van der Waals surface area (Å²) in [5, 5.41) is 7.46. The van der Waals surface area contributed by atoms with E-state index in [2.05, 4.69) is 49.5 Å². The van der Waals surface area contributed by atoms with Gasteiger partial charge in [-0.1, -0.05) is 53.9 Å². The summed E-state index contributed by atoms with van der Waals surface area (Å²) in [5.74, 6) is 2.44. The number of benzene rings is 2. The van der Waals surface area contributed by atoms with Crippen LogP contribution in [0.15, 0.2) is 67.0 Å². The molecule has 6 rings (SSSR count). The molecule has 2 N–H and O–H groups in total. The van der Waals surface area contributed by atoms with E-state index >= 15 is 0 Å². The number of pyridine rings is 1. The molecule has 2 aliphatic rings. The summed E-state index contributed by atoms with van der Waals surface area (Å²) in [7, 11) is 3.32. The number of carbonyl (C=O) groups excluding carboxylic acids is 1. The van der Waals surface area contributed by atoms with E-state index in [1.165, 1.54) is 31.0 Å². The van der Waals surface area contributed by atoms with Crippen molar-refractivity contribution in [1.29, 1.82) is 0 Å². The summed E-state index contributed by atoms with van der Waals surface area (Å²) < 4.78 is 10.5. The largest absolute Gasteiger partial charge is 0.497 e. The molecule has 1 aliphatic heterocycles. The van der Waals surface area contributed by atoms with Gasteiger partial charge in [-0.15, -0.1) is 0 Å². The zero-order valence-corrected chi connectivity index (χ0v) is 28.4. The molecule has 246 valence electrons. The first-order valence-corrected chi connectivity index (χ1v) is 16.8. The molecule has 1 saturated heterocycles. The van der Waals surface area contributed by atoms with E-state index < -0.39 is 5.78 Å². The van der Waals surface area contributed by atoms with Crippen LogP contribution in [0.5, 0.6) is 11.5 Å². The van der Waals surface area contributed by atoms with Gasteiger partial charge in [-0.05, 0) is 79.5 Å². The van der Waals surface area contributed by atoms with Gasteiger partial charge in [-0.25, -0.2) is 15.0 Å². The summed E-state index contributed by atoms with van der Waals surface area (Å²) >= 11 is 13.0. The number of hydrogen-bond acceptors (Lipinski definition) is 9. The smallest absolute Gasteiger partial charge is 0.216 e. The first-order valence-electron chi connectivity index (χ1n) is 16.0. The molecule has 0 amide bonds. The quantitative estimate of drug-likeness (QED) is 0.156. The highest BCUT2D eigenvalue weighted by atomic mass is 35.5. The third-order valence-corrected chi connectivity index (χ3v) is 10.3. The summed E-state index contributed by atoms with van der Waals surface area (Å²) in [5.41, 5.74) is 2.86. The van der Waals surface area contributed by atoms with Crippen molar-refractivity contribution in [3.8, 4) is 11.5 Å². The van der Waals surface area contributed by atoms with E-state index in [-0.39, 0.29) is 32.9 Å². The van der Waals surface area contributed by atoms with Gasteiger partial charge >= 0.3 is 0 Å². The topological polar surface area (TPSA) is 102 Å². The summed E-state index contributed by atoms with van der Waals surface area (Å²) in [4.78, 5) is 29.2. The lowest BCUT2D eigenvalue weighted by atomic mass is 9.73. The summed E-state index contributed by atoms with van der Waals surface area (Å²) in [6.45, 7) is 4.46. The molecular formula is C36H40Cl2N6O3. The molecule has 2 fully saturated rings. The van der Waals surface area contributed by atoms with Gasteiger partial charge in [0.2, 0.25) is 5.78 Å². The van der Waals surface area contributed by atoms with Gasteiger partial charge < -0.3 is 25.0 Å². The van der Waals surface area contributed by atoms with E-state index in [9.17, 15) is 4.79 Å². The minimum absolute atomic E-state index is 0.0575. The van der Waals surface area contributed by atoms with Crippen molar-refractivity contribution < 1.29 is 14.3 Å². The Morgan fingerprint density at radius 2 is 1.66 bits per heavy atom. The van der Waals surface area contributed by atoms with Crippen LogP contribution in [0.4, 0.5) is 11.6 Å². The average Bonchev–Trinajstić information content (AvgIpc) is 3.48. The Kier molecular flexibility index (Phi) is 10.2. The standard InChI is InChI=1S/C36H40Cl2N6O3/c1-23(25-8-12-27(47-3)13-9-25)42-30-5-4-14-36(30)15-17-44(18-16-36)32-22-41-33(35(38)43-32)34(45)28-19-31(40-21-29(28)37)39-20-24-6-10-26(46-2)11-7-24/h6-13,19,21-23,30,42H,4-5,14-18,20H2,1-3H3,(H,39,40)/t23?,30-/m1/s1. The van der Waals surface area contributed by atoms with Crippen molar-refractivity contribution in [2.24, 2.45) is 5.41 Å². The Hall–Kier alpha value is -3.92. The molecule has 1 saturated carbocycles. The second-order valence-corrected chi connectivity index (χ2v) is 13.2. The van der Waals surface area contributed by atoms with Crippen LogP contribution in [0, 0.1) is 5.41 Å². The SMILES string of the molecule is COc1ccc(CNc2cc(C(=O)c3ncc(N4CCC5(CCC[C@H]5NC(C)c5ccc(OC)cc5)CC4)nc3Cl)c(Cl)cn2)cc1. The highest BCUT2D eigenvalue weighted by molar-refractivity contribution is 6.37. The third-order valence-electron chi connectivity index (χ3n) is 9.72.